The number of hydrogen-bond donors (Lipinski definition) is 2. The van der Waals surface area contributed by atoms with E-state index < -0.39 is 17.5 Å². The van der Waals surface area contributed by atoms with Crippen LogP contribution in [0.5, 0.6) is 0 Å². The molecule has 0 aliphatic carbocycles. The Balaban J connectivity index is 1.17. The summed E-state index contributed by atoms with van der Waals surface area (Å²) in [7, 11) is 0. The highest BCUT2D eigenvalue weighted by atomic mass is 32.1. The van der Waals surface area contributed by atoms with Crippen molar-refractivity contribution in [3.05, 3.63) is 94.2 Å². The summed E-state index contributed by atoms with van der Waals surface area (Å²) in [6.45, 7) is 0.344. The summed E-state index contributed by atoms with van der Waals surface area (Å²) in [5.74, 6) is -0.210. The number of carbonyl (C=O) groups is 2. The van der Waals surface area contributed by atoms with Crippen molar-refractivity contribution in [2.24, 2.45) is 0 Å². The first-order valence-corrected chi connectivity index (χ1v) is 12.4. The van der Waals surface area contributed by atoms with Gasteiger partial charge in [-0.1, -0.05) is 30.3 Å². The standard InChI is InChI=1S/C26H20N6O4S/c33-23(29-12-17-10-16-11-27-9-8-21(16)37-17)19-6-7-22-28-13-18(26(35)32(19)22)31-24(34)25-30-14-20(36-25)15-4-2-1-3-5-15/h1-5,8-11,13-14,19H,6-7,12H2,(H,29,33)(H,31,34)/t19-/m0/s1. The third-order valence-electron chi connectivity index (χ3n) is 6.14. The predicted octanol–water partition coefficient (Wildman–Crippen LogP) is 3.56. The number of rotatable bonds is 6. The largest absolute Gasteiger partial charge is 0.432 e. The van der Waals surface area contributed by atoms with E-state index in [-0.39, 0.29) is 17.5 Å². The molecule has 1 aromatic carbocycles. The van der Waals surface area contributed by atoms with Crippen LogP contribution in [0.4, 0.5) is 5.69 Å². The average molecular weight is 513 g/mol. The lowest BCUT2D eigenvalue weighted by molar-refractivity contribution is -0.124. The molecule has 6 rings (SSSR count). The Hall–Kier alpha value is -4.64. The van der Waals surface area contributed by atoms with Crippen LogP contribution in [0.2, 0.25) is 0 Å². The van der Waals surface area contributed by atoms with Crippen molar-refractivity contribution in [2.45, 2.75) is 25.4 Å². The third-order valence-corrected chi connectivity index (χ3v) is 7.25. The second kappa shape index (κ2) is 9.43. The number of fused-ring (bicyclic) bond motifs is 2. The molecule has 0 bridgehead atoms. The Labute approximate surface area is 214 Å². The number of nitrogens with one attached hydrogen (secondary N) is 2. The predicted molar refractivity (Wildman–Crippen MR) is 137 cm³/mol. The van der Waals surface area contributed by atoms with E-state index in [1.807, 2.05) is 42.5 Å². The quantitative estimate of drug-likeness (QED) is 0.355. The molecule has 1 aliphatic heterocycles. The molecular formula is C26H20N6O4S. The molecule has 0 spiro atoms. The zero-order valence-electron chi connectivity index (χ0n) is 19.4. The van der Waals surface area contributed by atoms with E-state index in [2.05, 4.69) is 25.6 Å². The first kappa shape index (κ1) is 22.8. The molecule has 10 nitrogen and oxygen atoms in total. The maximum atomic E-state index is 13.2. The molecule has 2 N–H and O–H groups in total. The topological polar surface area (TPSA) is 132 Å². The molecule has 0 saturated carbocycles. The van der Waals surface area contributed by atoms with Crippen molar-refractivity contribution in [1.82, 2.24) is 24.8 Å². The first-order chi connectivity index (χ1) is 18.1. The van der Waals surface area contributed by atoms with Gasteiger partial charge in [0.2, 0.25) is 5.91 Å². The van der Waals surface area contributed by atoms with Crippen LogP contribution in [0.3, 0.4) is 0 Å². The van der Waals surface area contributed by atoms with E-state index in [1.54, 1.807) is 23.7 Å². The molecule has 0 fully saturated rings. The minimum absolute atomic E-state index is 0.0510. The normalized spacial score (nSPS) is 14.4. The summed E-state index contributed by atoms with van der Waals surface area (Å²) in [5.41, 5.74) is 0.221. The smallest absolute Gasteiger partial charge is 0.311 e. The van der Waals surface area contributed by atoms with E-state index in [0.717, 1.165) is 20.5 Å². The number of hydrogen-bond acceptors (Lipinski definition) is 8. The number of thiophene rings is 1. The molecule has 0 radical (unpaired) electrons. The van der Waals surface area contributed by atoms with E-state index >= 15 is 0 Å². The van der Waals surface area contributed by atoms with Gasteiger partial charge >= 0.3 is 5.91 Å². The molecule has 0 unspecified atom stereocenters. The van der Waals surface area contributed by atoms with Crippen LogP contribution in [0.25, 0.3) is 21.4 Å². The van der Waals surface area contributed by atoms with Crippen LogP contribution in [0, 0.1) is 0 Å². The van der Waals surface area contributed by atoms with Crippen molar-refractivity contribution in [1.29, 1.82) is 0 Å². The van der Waals surface area contributed by atoms with Crippen LogP contribution in [0.15, 0.2) is 76.5 Å². The fourth-order valence-electron chi connectivity index (χ4n) is 4.35. The number of aryl methyl sites for hydroxylation is 1. The Morgan fingerprint density at radius 3 is 2.81 bits per heavy atom. The molecule has 2 amide bonds. The van der Waals surface area contributed by atoms with E-state index in [9.17, 15) is 14.4 Å². The molecule has 37 heavy (non-hydrogen) atoms. The lowest BCUT2D eigenvalue weighted by Gasteiger charge is -2.15. The Kier molecular flexibility index (Phi) is 5.81. The SMILES string of the molecule is O=C(Nc1cnc2n(c1=O)[C@H](C(=O)NCc1cc3cnccc3s1)CC2)c1ncc(-c2ccccc2)o1. The maximum Gasteiger partial charge on any atom is 0.311 e. The number of nitrogens with zero attached hydrogens (tertiary/aromatic N) is 4. The van der Waals surface area contributed by atoms with Crippen molar-refractivity contribution in [3.63, 3.8) is 0 Å². The molecule has 0 saturated heterocycles. The molecule has 1 atom stereocenters. The van der Waals surface area contributed by atoms with E-state index in [0.29, 0.717) is 31.0 Å². The Bertz CT molecular complexity index is 1660. The van der Waals surface area contributed by atoms with E-state index in [1.165, 1.54) is 17.0 Å². The van der Waals surface area contributed by atoms with Crippen LogP contribution in [0.1, 0.15) is 33.8 Å². The molecule has 5 heterocycles. The van der Waals surface area contributed by atoms with Crippen LogP contribution in [-0.4, -0.2) is 31.3 Å². The Morgan fingerprint density at radius 2 is 1.97 bits per heavy atom. The second-order valence-corrected chi connectivity index (χ2v) is 9.68. The lowest BCUT2D eigenvalue weighted by Crippen LogP contribution is -2.36. The van der Waals surface area contributed by atoms with Crippen LogP contribution >= 0.6 is 11.3 Å². The van der Waals surface area contributed by atoms with Gasteiger partial charge in [0.05, 0.1) is 18.9 Å². The number of benzene rings is 1. The van der Waals surface area contributed by atoms with Crippen molar-refractivity contribution >= 4 is 38.9 Å². The summed E-state index contributed by atoms with van der Waals surface area (Å²) >= 11 is 1.58. The zero-order chi connectivity index (χ0) is 25.4. The molecule has 4 aromatic heterocycles. The summed E-state index contributed by atoms with van der Waals surface area (Å²) in [6, 6.07) is 12.4. The van der Waals surface area contributed by atoms with Crippen molar-refractivity contribution in [2.75, 3.05) is 5.32 Å². The molecule has 5 aromatic rings. The van der Waals surface area contributed by atoms with Crippen molar-refractivity contribution in [3.8, 4) is 11.3 Å². The highest BCUT2D eigenvalue weighted by Crippen LogP contribution is 2.26. The monoisotopic (exact) mass is 512 g/mol. The first-order valence-electron chi connectivity index (χ1n) is 11.6. The highest BCUT2D eigenvalue weighted by Gasteiger charge is 2.31. The highest BCUT2D eigenvalue weighted by molar-refractivity contribution is 7.19. The van der Waals surface area contributed by atoms with Gasteiger partial charge in [0.15, 0.2) is 5.76 Å². The minimum atomic E-state index is -0.714. The zero-order valence-corrected chi connectivity index (χ0v) is 20.2. The number of aromatic nitrogens is 4. The summed E-state index contributed by atoms with van der Waals surface area (Å²) in [4.78, 5) is 52.4. The van der Waals surface area contributed by atoms with Gasteiger partial charge in [-0.25, -0.2) is 9.97 Å². The molecule has 1 aliphatic rings. The van der Waals surface area contributed by atoms with Gasteiger partial charge < -0.3 is 15.1 Å². The van der Waals surface area contributed by atoms with Crippen LogP contribution < -0.4 is 16.2 Å². The lowest BCUT2D eigenvalue weighted by atomic mass is 10.2. The van der Waals surface area contributed by atoms with Gasteiger partial charge in [-0.2, -0.15) is 0 Å². The van der Waals surface area contributed by atoms with Crippen molar-refractivity contribution < 1.29 is 14.0 Å². The number of anilines is 1. The fourth-order valence-corrected chi connectivity index (χ4v) is 5.32. The molecular weight excluding hydrogens is 492 g/mol. The number of oxazole rings is 1. The van der Waals surface area contributed by atoms with Gasteiger partial charge in [-0.05, 0) is 18.6 Å². The number of pyridine rings is 1. The van der Waals surface area contributed by atoms with Gasteiger partial charge in [0, 0.05) is 39.3 Å². The van der Waals surface area contributed by atoms with E-state index in [4.69, 9.17) is 4.42 Å². The van der Waals surface area contributed by atoms with Gasteiger partial charge in [0.1, 0.15) is 17.6 Å². The molecule has 184 valence electrons. The third kappa shape index (κ3) is 4.40. The molecule has 11 heteroatoms. The second-order valence-electron chi connectivity index (χ2n) is 8.51. The van der Waals surface area contributed by atoms with Crippen LogP contribution in [-0.2, 0) is 17.8 Å². The summed E-state index contributed by atoms with van der Waals surface area (Å²) in [5, 5.41) is 6.47. The maximum absolute atomic E-state index is 13.2. The van der Waals surface area contributed by atoms with Gasteiger partial charge in [-0.15, -0.1) is 11.3 Å². The fraction of sp³-hybridized carbons (Fsp3) is 0.154. The number of amides is 2. The minimum Gasteiger partial charge on any atom is -0.432 e. The Morgan fingerprint density at radius 1 is 1.11 bits per heavy atom. The summed E-state index contributed by atoms with van der Waals surface area (Å²) in [6.07, 6.45) is 7.20. The number of carbonyl (C=O) groups excluding carboxylic acids is 2. The average Bonchev–Trinajstić information content (AvgIpc) is 3.67. The van der Waals surface area contributed by atoms with Gasteiger partial charge in [0.25, 0.3) is 11.4 Å². The van der Waals surface area contributed by atoms with Gasteiger partial charge in [-0.3, -0.25) is 23.9 Å². The summed E-state index contributed by atoms with van der Waals surface area (Å²) < 4.78 is 8.01.